The largest absolute Gasteiger partial charge is 0.350 e. The van der Waals surface area contributed by atoms with E-state index in [1.165, 1.54) is 6.33 Å². The molecule has 0 amide bonds. The van der Waals surface area contributed by atoms with Crippen LogP contribution in [-0.2, 0) is 0 Å². The molecule has 2 rings (SSSR count). The van der Waals surface area contributed by atoms with E-state index >= 15 is 0 Å². The molecule has 0 bridgehead atoms. The zero-order valence-corrected chi connectivity index (χ0v) is 7.04. The summed E-state index contributed by atoms with van der Waals surface area (Å²) >= 11 is 3.23. The third-order valence-corrected chi connectivity index (χ3v) is 1.83. The van der Waals surface area contributed by atoms with Gasteiger partial charge in [0.2, 0.25) is 0 Å². The Morgan fingerprint density at radius 3 is 3.27 bits per heavy atom. The van der Waals surface area contributed by atoms with Gasteiger partial charge in [0.1, 0.15) is 0 Å². The molecule has 0 aliphatic carbocycles. The summed E-state index contributed by atoms with van der Waals surface area (Å²) in [6.45, 7) is 0. The predicted octanol–water partition coefficient (Wildman–Crippen LogP) is 0.850. The second-order valence-electron chi connectivity index (χ2n) is 2.14. The first-order valence-corrected chi connectivity index (χ1v) is 3.80. The molecule has 0 saturated carbocycles. The Morgan fingerprint density at radius 1 is 1.64 bits per heavy atom. The average molecular weight is 215 g/mol. The molecule has 4 nitrogen and oxygen atoms in total. The van der Waals surface area contributed by atoms with Gasteiger partial charge in [0.05, 0.1) is 4.47 Å². The molecular formula is C6H5BrN3O+. The summed E-state index contributed by atoms with van der Waals surface area (Å²) < 4.78 is 1.78. The number of nitrogens with one attached hydrogen (secondary N) is 1. The van der Waals surface area contributed by atoms with Gasteiger partial charge in [0.15, 0.2) is 18.0 Å². The smallest absolute Gasteiger partial charge is 0.345 e. The van der Waals surface area contributed by atoms with Crippen molar-refractivity contribution < 1.29 is 9.94 Å². The maximum atomic E-state index is 9.26. The van der Waals surface area contributed by atoms with Crippen molar-refractivity contribution in [1.29, 1.82) is 0 Å². The Morgan fingerprint density at radius 2 is 2.45 bits per heavy atom. The van der Waals surface area contributed by atoms with Crippen molar-refractivity contribution in [3.63, 3.8) is 0 Å². The predicted molar refractivity (Wildman–Crippen MR) is 41.2 cm³/mol. The summed E-state index contributed by atoms with van der Waals surface area (Å²) in [7, 11) is 0. The summed E-state index contributed by atoms with van der Waals surface area (Å²) in [6.07, 6.45) is 3.07. The van der Waals surface area contributed by atoms with Gasteiger partial charge >= 0.3 is 5.65 Å². The van der Waals surface area contributed by atoms with Crippen molar-refractivity contribution >= 4 is 27.1 Å². The van der Waals surface area contributed by atoms with Crippen molar-refractivity contribution in [2.24, 2.45) is 0 Å². The van der Waals surface area contributed by atoms with Crippen LogP contribution in [0.15, 0.2) is 23.1 Å². The van der Waals surface area contributed by atoms with Crippen LogP contribution in [0.5, 0.6) is 0 Å². The molecule has 0 saturated heterocycles. The van der Waals surface area contributed by atoms with Gasteiger partial charge < -0.3 is 5.21 Å². The lowest BCUT2D eigenvalue weighted by Crippen LogP contribution is -2.30. The monoisotopic (exact) mass is 214 g/mol. The molecule has 0 aromatic carbocycles. The molecule has 0 unspecified atom stereocenters. The minimum absolute atomic E-state index is 0.591. The summed E-state index contributed by atoms with van der Waals surface area (Å²) in [6, 6.07) is 1.82. The van der Waals surface area contributed by atoms with E-state index in [4.69, 9.17) is 0 Å². The van der Waals surface area contributed by atoms with E-state index in [0.717, 1.165) is 14.7 Å². The van der Waals surface area contributed by atoms with Crippen molar-refractivity contribution in [3.05, 3.63) is 23.1 Å². The minimum Gasteiger partial charge on any atom is -0.350 e. The molecule has 0 atom stereocenters. The molecule has 2 N–H and O–H groups in total. The number of halogens is 1. The standard InChI is InChI=1S/C6H4BrN3O/c7-4-1-5-6(9-3-8-5)10(11)2-4/h1-3,11H/p+1. The van der Waals surface area contributed by atoms with Gasteiger partial charge in [-0.1, -0.05) is 0 Å². The fourth-order valence-corrected chi connectivity index (χ4v) is 1.35. The van der Waals surface area contributed by atoms with Crippen LogP contribution >= 0.6 is 15.9 Å². The second kappa shape index (κ2) is 2.20. The van der Waals surface area contributed by atoms with Crippen LogP contribution in [0.3, 0.4) is 0 Å². The summed E-state index contributed by atoms with van der Waals surface area (Å²) in [5, 5.41) is 9.26. The van der Waals surface area contributed by atoms with Crippen LogP contribution in [0, 0.1) is 0 Å². The van der Waals surface area contributed by atoms with Crippen LogP contribution < -0.4 is 4.73 Å². The Bertz CT molecular complexity index is 398. The Kier molecular flexibility index (Phi) is 1.32. The molecule has 5 heteroatoms. The van der Waals surface area contributed by atoms with Crippen LogP contribution in [0.1, 0.15) is 0 Å². The molecule has 0 aliphatic heterocycles. The molecule has 2 heterocycles. The van der Waals surface area contributed by atoms with Crippen molar-refractivity contribution in [3.8, 4) is 0 Å². The molecule has 0 fully saturated rings. The Hall–Kier alpha value is -1.10. The first-order valence-electron chi connectivity index (χ1n) is 3.01. The van der Waals surface area contributed by atoms with Crippen LogP contribution in [-0.4, -0.2) is 15.2 Å². The number of hydrogen-bond donors (Lipinski definition) is 2. The molecule has 2 aromatic rings. The highest BCUT2D eigenvalue weighted by Gasteiger charge is 2.08. The molecule has 11 heavy (non-hydrogen) atoms. The lowest BCUT2D eigenvalue weighted by Gasteiger charge is -1.89. The maximum Gasteiger partial charge on any atom is 0.345 e. The van der Waals surface area contributed by atoms with E-state index in [-0.39, 0.29) is 0 Å². The van der Waals surface area contributed by atoms with Gasteiger partial charge in [-0.3, -0.25) is 0 Å². The molecule has 56 valence electrons. The highest BCUT2D eigenvalue weighted by atomic mass is 79.9. The third kappa shape index (κ3) is 0.970. The van der Waals surface area contributed by atoms with Gasteiger partial charge in [0, 0.05) is 0 Å². The van der Waals surface area contributed by atoms with E-state index in [9.17, 15) is 5.21 Å². The fourth-order valence-electron chi connectivity index (χ4n) is 0.936. The summed E-state index contributed by atoms with van der Waals surface area (Å²) in [4.78, 5) is 6.77. The number of nitrogens with zero attached hydrogens (tertiary/aromatic N) is 2. The van der Waals surface area contributed by atoms with E-state index < -0.39 is 0 Å². The zero-order valence-electron chi connectivity index (χ0n) is 5.45. The quantitative estimate of drug-likeness (QED) is 0.505. The third-order valence-electron chi connectivity index (χ3n) is 1.40. The number of hydrogen-bond acceptors (Lipinski definition) is 2. The van der Waals surface area contributed by atoms with E-state index in [1.54, 1.807) is 6.20 Å². The number of aromatic amines is 1. The van der Waals surface area contributed by atoms with Crippen molar-refractivity contribution in [2.45, 2.75) is 0 Å². The number of imidazole rings is 1. The maximum absolute atomic E-state index is 9.26. The summed E-state index contributed by atoms with van der Waals surface area (Å²) in [5.74, 6) is 0. The molecule has 0 aliphatic rings. The van der Waals surface area contributed by atoms with Gasteiger partial charge in [0.25, 0.3) is 0 Å². The van der Waals surface area contributed by atoms with Gasteiger partial charge in [-0.15, -0.1) is 0 Å². The van der Waals surface area contributed by atoms with E-state index in [2.05, 4.69) is 25.9 Å². The number of H-pyrrole nitrogens is 1. The average Bonchev–Trinajstić information content (AvgIpc) is 2.34. The van der Waals surface area contributed by atoms with Gasteiger partial charge in [-0.25, -0.2) is 9.97 Å². The Balaban J connectivity index is 2.91. The van der Waals surface area contributed by atoms with Crippen molar-refractivity contribution in [1.82, 2.24) is 9.97 Å². The first-order chi connectivity index (χ1) is 5.27. The molecular weight excluding hydrogens is 210 g/mol. The molecule has 0 spiro atoms. The number of fused-ring (bicyclic) bond motifs is 1. The van der Waals surface area contributed by atoms with Crippen LogP contribution in [0.2, 0.25) is 0 Å². The molecule has 0 radical (unpaired) electrons. The molecule has 2 aromatic heterocycles. The van der Waals surface area contributed by atoms with Crippen molar-refractivity contribution in [2.75, 3.05) is 0 Å². The van der Waals surface area contributed by atoms with Gasteiger partial charge in [-0.2, -0.15) is 0 Å². The van der Waals surface area contributed by atoms with Crippen LogP contribution in [0.4, 0.5) is 0 Å². The second-order valence-corrected chi connectivity index (χ2v) is 3.05. The number of rotatable bonds is 0. The van der Waals surface area contributed by atoms with Gasteiger partial charge in [-0.05, 0) is 26.7 Å². The highest BCUT2D eigenvalue weighted by Crippen LogP contribution is 2.11. The SMILES string of the molecule is O[n+]1cc(Br)cc2nc[nH]c21. The van der Waals surface area contributed by atoms with E-state index in [1.807, 2.05) is 6.07 Å². The Labute approximate surface area is 70.6 Å². The lowest BCUT2D eigenvalue weighted by molar-refractivity contribution is -0.886. The fraction of sp³-hybridized carbons (Fsp3) is 0. The summed E-state index contributed by atoms with van der Waals surface area (Å²) in [5.41, 5.74) is 1.31. The first kappa shape index (κ1) is 6.60. The van der Waals surface area contributed by atoms with Crippen LogP contribution in [0.25, 0.3) is 11.2 Å². The zero-order chi connectivity index (χ0) is 7.84. The highest BCUT2D eigenvalue weighted by molar-refractivity contribution is 9.10. The normalized spacial score (nSPS) is 10.6. The number of pyridine rings is 1. The topological polar surface area (TPSA) is 52.8 Å². The minimum atomic E-state index is 0.591. The lowest BCUT2D eigenvalue weighted by atomic mass is 10.4. The number of aromatic nitrogens is 3. The van der Waals surface area contributed by atoms with E-state index in [0.29, 0.717) is 5.65 Å².